The average Bonchev–Trinajstić information content (AvgIpc) is 3.35. The molecule has 0 aromatic carbocycles. The van der Waals surface area contributed by atoms with Crippen LogP contribution >= 0.6 is 0 Å². The number of carbonyl (C=O) groups is 3. The molecule has 0 bridgehead atoms. The Bertz CT molecular complexity index is 1110. The third kappa shape index (κ3) is 8.71. The van der Waals surface area contributed by atoms with Crippen LogP contribution in [0.2, 0.25) is 0 Å². The highest BCUT2D eigenvalue weighted by Gasteiger charge is 2.42. The number of carbonyl (C=O) groups excluding carboxylic acids is 3. The topological polar surface area (TPSA) is 106 Å². The van der Waals surface area contributed by atoms with Gasteiger partial charge >= 0.3 is 6.09 Å². The smallest absolute Gasteiger partial charge is 0.410 e. The van der Waals surface area contributed by atoms with E-state index in [-0.39, 0.29) is 30.3 Å². The fourth-order valence-corrected chi connectivity index (χ4v) is 6.43. The van der Waals surface area contributed by atoms with Crippen molar-refractivity contribution >= 4 is 17.9 Å². The van der Waals surface area contributed by atoms with E-state index in [0.29, 0.717) is 58.1 Å². The second-order valence-corrected chi connectivity index (χ2v) is 13.6. The quantitative estimate of drug-likeness (QED) is 0.375. The van der Waals surface area contributed by atoms with Gasteiger partial charge < -0.3 is 33.5 Å². The third-order valence-electron chi connectivity index (χ3n) is 8.41. The number of fused-ring (bicyclic) bond motifs is 1. The number of ether oxygens (including phenoxy) is 3. The maximum atomic E-state index is 14.6. The lowest BCUT2D eigenvalue weighted by Crippen LogP contribution is -2.58. The number of rotatable bonds is 10. The Morgan fingerprint density at radius 1 is 1.05 bits per heavy atom. The summed E-state index contributed by atoms with van der Waals surface area (Å²) in [4.78, 5) is 52.0. The Labute approximate surface area is 257 Å². The molecule has 1 aromatic rings. The molecule has 3 aliphatic rings. The lowest BCUT2D eigenvalue weighted by Gasteiger charge is -2.44. The van der Waals surface area contributed by atoms with Crippen LogP contribution in [0.3, 0.4) is 0 Å². The summed E-state index contributed by atoms with van der Waals surface area (Å²) >= 11 is 0. The van der Waals surface area contributed by atoms with Crippen molar-refractivity contribution in [2.75, 3.05) is 59.7 Å². The first-order valence-electron chi connectivity index (χ1n) is 16.2. The molecular formula is C32H53N5O6. The molecule has 4 heterocycles. The Morgan fingerprint density at radius 2 is 1.79 bits per heavy atom. The van der Waals surface area contributed by atoms with Gasteiger partial charge in [-0.1, -0.05) is 13.8 Å². The largest absolute Gasteiger partial charge is 0.444 e. The van der Waals surface area contributed by atoms with Crippen molar-refractivity contribution in [1.82, 2.24) is 24.3 Å². The maximum Gasteiger partial charge on any atom is 0.410 e. The van der Waals surface area contributed by atoms with Gasteiger partial charge in [0.25, 0.3) is 5.91 Å². The second-order valence-electron chi connectivity index (χ2n) is 13.6. The Kier molecular flexibility index (Phi) is 11.5. The number of morpholine rings is 1. The van der Waals surface area contributed by atoms with Crippen molar-refractivity contribution in [3.8, 4) is 0 Å². The maximum absolute atomic E-state index is 14.6. The molecule has 3 amide bonds. The molecule has 0 spiro atoms. The number of amides is 3. The number of imidazole rings is 1. The minimum Gasteiger partial charge on any atom is -0.444 e. The summed E-state index contributed by atoms with van der Waals surface area (Å²) in [6.45, 7) is 14.5. The Morgan fingerprint density at radius 3 is 2.47 bits per heavy atom. The fourth-order valence-electron chi connectivity index (χ4n) is 6.43. The predicted molar refractivity (Wildman–Crippen MR) is 163 cm³/mol. The van der Waals surface area contributed by atoms with E-state index >= 15 is 0 Å². The highest BCUT2D eigenvalue weighted by atomic mass is 16.6. The lowest BCUT2D eigenvalue weighted by molar-refractivity contribution is -0.142. The Balaban J connectivity index is 1.65. The van der Waals surface area contributed by atoms with Gasteiger partial charge in [-0.05, 0) is 65.2 Å². The zero-order valence-electron chi connectivity index (χ0n) is 27.2. The molecule has 0 radical (unpaired) electrons. The summed E-state index contributed by atoms with van der Waals surface area (Å²) < 4.78 is 18.8. The molecule has 0 N–H and O–H groups in total. The van der Waals surface area contributed by atoms with Gasteiger partial charge in [0.2, 0.25) is 5.91 Å². The van der Waals surface area contributed by atoms with Gasteiger partial charge in [-0.15, -0.1) is 0 Å². The number of unbranched alkanes of at least 4 members (excludes halogenated alkanes) is 1. The van der Waals surface area contributed by atoms with Gasteiger partial charge in [-0.2, -0.15) is 0 Å². The molecule has 3 aliphatic heterocycles. The number of methoxy groups -OCH3 is 1. The number of hydrogen-bond donors (Lipinski definition) is 0. The number of piperidine rings is 1. The molecule has 2 saturated heterocycles. The highest BCUT2D eigenvalue weighted by Crippen LogP contribution is 2.29. The average molecular weight is 604 g/mol. The van der Waals surface area contributed by atoms with E-state index < -0.39 is 17.6 Å². The minimum atomic E-state index is -0.672. The van der Waals surface area contributed by atoms with Gasteiger partial charge in [-0.3, -0.25) is 9.59 Å². The van der Waals surface area contributed by atoms with Crippen molar-refractivity contribution in [3.63, 3.8) is 0 Å². The second kappa shape index (κ2) is 14.9. The molecule has 0 saturated carbocycles. The number of aryl methyl sites for hydroxylation is 1. The number of hydrogen-bond acceptors (Lipinski definition) is 7. The normalized spacial score (nSPS) is 21.1. The van der Waals surface area contributed by atoms with Gasteiger partial charge in [0.05, 0.1) is 30.9 Å². The SMILES string of the molecule is COCCCCc1c(C(=O)N(CC(C)C)C2C[C@@H](C(=O)N3CCOCC3)CN(C(=O)OC(C)(C)C)C2)nc2n1CCCC2. The monoisotopic (exact) mass is 603 g/mol. The van der Waals surface area contributed by atoms with Crippen LogP contribution in [0.4, 0.5) is 4.79 Å². The fraction of sp³-hybridized carbons (Fsp3) is 0.812. The van der Waals surface area contributed by atoms with Crippen molar-refractivity contribution in [2.45, 2.75) is 97.8 Å². The van der Waals surface area contributed by atoms with E-state index in [0.717, 1.165) is 56.6 Å². The van der Waals surface area contributed by atoms with E-state index in [1.807, 2.05) is 30.6 Å². The first kappa shape index (κ1) is 33.2. The van der Waals surface area contributed by atoms with E-state index in [4.69, 9.17) is 19.2 Å². The van der Waals surface area contributed by atoms with Crippen LogP contribution in [0.25, 0.3) is 0 Å². The van der Waals surface area contributed by atoms with Crippen LogP contribution in [0.5, 0.6) is 0 Å². The van der Waals surface area contributed by atoms with Crippen LogP contribution in [0.1, 0.15) is 88.7 Å². The molecule has 242 valence electrons. The van der Waals surface area contributed by atoms with E-state index in [1.165, 1.54) is 0 Å². The van der Waals surface area contributed by atoms with E-state index in [2.05, 4.69) is 18.4 Å². The number of aromatic nitrogens is 2. The van der Waals surface area contributed by atoms with Gasteiger partial charge in [-0.25, -0.2) is 9.78 Å². The number of likely N-dealkylation sites (tertiary alicyclic amines) is 1. The molecule has 0 aliphatic carbocycles. The molecular weight excluding hydrogens is 550 g/mol. The first-order chi connectivity index (χ1) is 20.5. The molecule has 2 atom stereocenters. The van der Waals surface area contributed by atoms with E-state index in [1.54, 1.807) is 12.0 Å². The zero-order chi connectivity index (χ0) is 31.1. The number of nitrogens with zero attached hydrogens (tertiary/aromatic N) is 5. The lowest BCUT2D eigenvalue weighted by atomic mass is 9.91. The molecule has 1 aromatic heterocycles. The molecule has 11 nitrogen and oxygen atoms in total. The minimum absolute atomic E-state index is 0.00907. The molecule has 4 rings (SSSR count). The van der Waals surface area contributed by atoms with Crippen LogP contribution in [-0.2, 0) is 38.4 Å². The standard InChI is InChI=1S/C32H53N5O6/c1-23(2)20-37(30(39)28-26(11-8-10-16-41-6)36-13-9-7-12-27(36)33-28)25-19-24(29(38)34-14-17-42-18-15-34)21-35(22-25)31(40)43-32(3,4)5/h23-25H,7-22H2,1-6H3/t24-,25?/m1/s1. The van der Waals surface area contributed by atoms with Crippen molar-refractivity contribution in [1.29, 1.82) is 0 Å². The summed E-state index contributed by atoms with van der Waals surface area (Å²) in [6, 6.07) is -0.341. The van der Waals surface area contributed by atoms with Crippen molar-refractivity contribution in [2.24, 2.45) is 11.8 Å². The van der Waals surface area contributed by atoms with Gasteiger partial charge in [0, 0.05) is 59.4 Å². The molecule has 43 heavy (non-hydrogen) atoms. The van der Waals surface area contributed by atoms with Crippen molar-refractivity contribution < 1.29 is 28.6 Å². The molecule has 11 heteroatoms. The first-order valence-corrected chi connectivity index (χ1v) is 16.2. The van der Waals surface area contributed by atoms with Crippen LogP contribution in [0, 0.1) is 11.8 Å². The van der Waals surface area contributed by atoms with Crippen LogP contribution in [0.15, 0.2) is 0 Å². The molecule has 2 fully saturated rings. The third-order valence-corrected chi connectivity index (χ3v) is 8.41. The van der Waals surface area contributed by atoms with E-state index in [9.17, 15) is 14.4 Å². The summed E-state index contributed by atoms with van der Waals surface area (Å²) in [5, 5.41) is 0. The summed E-state index contributed by atoms with van der Waals surface area (Å²) in [7, 11) is 1.71. The van der Waals surface area contributed by atoms with Crippen LogP contribution in [-0.4, -0.2) is 113 Å². The van der Waals surface area contributed by atoms with Gasteiger partial charge in [0.15, 0.2) is 0 Å². The van der Waals surface area contributed by atoms with Crippen molar-refractivity contribution in [3.05, 3.63) is 17.2 Å². The highest BCUT2D eigenvalue weighted by molar-refractivity contribution is 5.94. The predicted octanol–water partition coefficient (Wildman–Crippen LogP) is 3.77. The zero-order valence-corrected chi connectivity index (χ0v) is 27.2. The summed E-state index contributed by atoms with van der Waals surface area (Å²) in [5.74, 6) is 0.646. The summed E-state index contributed by atoms with van der Waals surface area (Å²) in [5.41, 5.74) is 0.861. The summed E-state index contributed by atoms with van der Waals surface area (Å²) in [6.07, 6.45) is 5.65. The van der Waals surface area contributed by atoms with Crippen LogP contribution < -0.4 is 0 Å². The van der Waals surface area contributed by atoms with Gasteiger partial charge in [0.1, 0.15) is 17.1 Å². The molecule has 1 unspecified atom stereocenters. The Hall–Kier alpha value is -2.66.